The lowest BCUT2D eigenvalue weighted by atomic mass is 10.3. The van der Waals surface area contributed by atoms with Crippen LogP contribution in [-0.2, 0) is 13.0 Å². The summed E-state index contributed by atoms with van der Waals surface area (Å²) in [7, 11) is 0. The Morgan fingerprint density at radius 3 is 2.95 bits per heavy atom. The number of aromatic nitrogens is 1. The van der Waals surface area contributed by atoms with Crippen molar-refractivity contribution in [1.29, 1.82) is 0 Å². The molecule has 0 atom stereocenters. The molecule has 0 aliphatic carbocycles. The minimum absolute atomic E-state index is 0.762. The Kier molecular flexibility index (Phi) is 5.21. The summed E-state index contributed by atoms with van der Waals surface area (Å²) in [4.78, 5) is 5.62. The first kappa shape index (κ1) is 13.9. The molecule has 0 amide bonds. The number of thiazole rings is 1. The first-order valence-corrected chi connectivity index (χ1v) is 7.53. The topological polar surface area (TPSA) is 34.1 Å². The van der Waals surface area contributed by atoms with Gasteiger partial charge in [0.25, 0.3) is 0 Å². The van der Waals surface area contributed by atoms with E-state index in [-0.39, 0.29) is 0 Å². The lowest BCUT2D eigenvalue weighted by molar-refractivity contribution is 0.317. The van der Waals surface area contributed by atoms with E-state index in [4.69, 9.17) is 4.74 Å². The van der Waals surface area contributed by atoms with E-state index in [9.17, 15) is 0 Å². The van der Waals surface area contributed by atoms with Gasteiger partial charge in [-0.05, 0) is 25.0 Å². The average molecular weight is 276 g/mol. The zero-order valence-corrected chi connectivity index (χ0v) is 12.3. The van der Waals surface area contributed by atoms with Crippen molar-refractivity contribution in [3.05, 3.63) is 40.3 Å². The van der Waals surface area contributed by atoms with E-state index < -0.39 is 0 Å². The molecule has 0 spiro atoms. The maximum Gasteiger partial charge on any atom is 0.121 e. The molecule has 19 heavy (non-hydrogen) atoms. The van der Waals surface area contributed by atoms with Crippen LogP contribution in [0.15, 0.2) is 30.5 Å². The summed E-state index contributed by atoms with van der Waals surface area (Å²) in [6.07, 6.45) is 3.98. The second-order valence-electron chi connectivity index (χ2n) is 4.30. The zero-order chi connectivity index (χ0) is 13.5. The van der Waals surface area contributed by atoms with Gasteiger partial charge in [0.1, 0.15) is 5.75 Å². The Bertz CT molecular complexity index is 510. The van der Waals surface area contributed by atoms with E-state index in [2.05, 4.69) is 30.2 Å². The van der Waals surface area contributed by atoms with Gasteiger partial charge in [0, 0.05) is 22.8 Å². The third-order valence-electron chi connectivity index (χ3n) is 2.68. The number of rotatable bonds is 7. The van der Waals surface area contributed by atoms with E-state index in [1.807, 2.05) is 24.4 Å². The number of ether oxygens (including phenoxy) is 1. The predicted octanol–water partition coefficient (Wildman–Crippen LogP) is 4.11. The third kappa shape index (κ3) is 4.24. The first-order chi connectivity index (χ1) is 9.31. The minimum Gasteiger partial charge on any atom is -0.494 e. The molecule has 0 radical (unpaired) electrons. The Labute approximate surface area is 118 Å². The van der Waals surface area contributed by atoms with Gasteiger partial charge in [-0.25, -0.2) is 4.98 Å². The Morgan fingerprint density at radius 1 is 1.32 bits per heavy atom. The number of aryl methyl sites for hydroxylation is 1. The van der Waals surface area contributed by atoms with Crippen LogP contribution in [0.4, 0.5) is 5.69 Å². The summed E-state index contributed by atoms with van der Waals surface area (Å²) in [5, 5.41) is 4.60. The number of nitrogens with one attached hydrogen (secondary N) is 1. The molecule has 2 rings (SSSR count). The molecule has 0 aliphatic rings. The van der Waals surface area contributed by atoms with Crippen LogP contribution in [-0.4, -0.2) is 11.6 Å². The largest absolute Gasteiger partial charge is 0.494 e. The number of anilines is 1. The van der Waals surface area contributed by atoms with Crippen molar-refractivity contribution >= 4 is 17.0 Å². The smallest absolute Gasteiger partial charge is 0.121 e. The Morgan fingerprint density at radius 2 is 2.21 bits per heavy atom. The molecule has 2 aromatic rings. The highest BCUT2D eigenvalue weighted by Crippen LogP contribution is 2.20. The van der Waals surface area contributed by atoms with Crippen molar-refractivity contribution < 1.29 is 4.74 Å². The third-order valence-corrected chi connectivity index (χ3v) is 3.82. The highest BCUT2D eigenvalue weighted by atomic mass is 32.1. The van der Waals surface area contributed by atoms with Crippen LogP contribution < -0.4 is 10.1 Å². The molecular formula is C15H20N2OS. The Balaban J connectivity index is 1.91. The summed E-state index contributed by atoms with van der Waals surface area (Å²) in [5.41, 5.74) is 1.08. The van der Waals surface area contributed by atoms with Crippen molar-refractivity contribution in [1.82, 2.24) is 4.98 Å². The minimum atomic E-state index is 0.762. The summed E-state index contributed by atoms with van der Waals surface area (Å²) < 4.78 is 5.62. The normalized spacial score (nSPS) is 10.4. The van der Waals surface area contributed by atoms with E-state index in [1.165, 1.54) is 9.88 Å². The van der Waals surface area contributed by atoms with Crippen LogP contribution in [0.3, 0.4) is 0 Å². The van der Waals surface area contributed by atoms with Crippen molar-refractivity contribution in [3.8, 4) is 5.75 Å². The first-order valence-electron chi connectivity index (χ1n) is 6.72. The lowest BCUT2D eigenvalue weighted by Crippen LogP contribution is -1.99. The van der Waals surface area contributed by atoms with Gasteiger partial charge in [0.2, 0.25) is 0 Å². The SMILES string of the molecule is CCCOc1cccc(NCc2cnc(CC)s2)c1. The van der Waals surface area contributed by atoms with E-state index in [0.29, 0.717) is 0 Å². The molecule has 1 aromatic heterocycles. The zero-order valence-electron chi connectivity index (χ0n) is 11.5. The highest BCUT2D eigenvalue weighted by molar-refractivity contribution is 7.11. The van der Waals surface area contributed by atoms with E-state index >= 15 is 0 Å². The van der Waals surface area contributed by atoms with Crippen LogP contribution in [0.25, 0.3) is 0 Å². The molecule has 102 valence electrons. The van der Waals surface area contributed by atoms with Gasteiger partial charge in [-0.1, -0.05) is 19.9 Å². The second-order valence-corrected chi connectivity index (χ2v) is 5.50. The monoisotopic (exact) mass is 276 g/mol. The van der Waals surface area contributed by atoms with Gasteiger partial charge >= 0.3 is 0 Å². The highest BCUT2D eigenvalue weighted by Gasteiger charge is 2.01. The number of hydrogen-bond acceptors (Lipinski definition) is 4. The van der Waals surface area contributed by atoms with Gasteiger partial charge in [-0.2, -0.15) is 0 Å². The van der Waals surface area contributed by atoms with Crippen LogP contribution in [0, 0.1) is 0 Å². The molecule has 1 heterocycles. The quantitative estimate of drug-likeness (QED) is 0.826. The van der Waals surface area contributed by atoms with Crippen molar-refractivity contribution in [3.63, 3.8) is 0 Å². The van der Waals surface area contributed by atoms with Crippen LogP contribution >= 0.6 is 11.3 Å². The summed E-state index contributed by atoms with van der Waals surface area (Å²) in [6.45, 7) is 5.81. The van der Waals surface area contributed by atoms with Crippen LogP contribution in [0.1, 0.15) is 30.2 Å². The molecule has 1 aromatic carbocycles. The van der Waals surface area contributed by atoms with Gasteiger partial charge in [0.05, 0.1) is 18.2 Å². The molecule has 4 heteroatoms. The molecule has 3 nitrogen and oxygen atoms in total. The summed E-state index contributed by atoms with van der Waals surface area (Å²) in [5.74, 6) is 0.922. The fourth-order valence-electron chi connectivity index (χ4n) is 1.70. The maximum atomic E-state index is 5.62. The van der Waals surface area contributed by atoms with Crippen molar-refractivity contribution in [2.75, 3.05) is 11.9 Å². The predicted molar refractivity (Wildman–Crippen MR) is 81.0 cm³/mol. The van der Waals surface area contributed by atoms with Crippen LogP contribution in [0.5, 0.6) is 5.75 Å². The molecule has 0 saturated carbocycles. The molecule has 0 aliphatic heterocycles. The Hall–Kier alpha value is -1.55. The van der Waals surface area contributed by atoms with Gasteiger partial charge < -0.3 is 10.1 Å². The fourth-order valence-corrected chi connectivity index (χ4v) is 2.50. The molecular weight excluding hydrogens is 256 g/mol. The van der Waals surface area contributed by atoms with Crippen molar-refractivity contribution in [2.45, 2.75) is 33.2 Å². The lowest BCUT2D eigenvalue weighted by Gasteiger charge is -2.08. The number of hydrogen-bond donors (Lipinski definition) is 1. The number of nitrogens with zero attached hydrogens (tertiary/aromatic N) is 1. The average Bonchev–Trinajstić information content (AvgIpc) is 2.91. The van der Waals surface area contributed by atoms with E-state index in [0.717, 1.165) is 37.4 Å². The molecule has 1 N–H and O–H groups in total. The van der Waals surface area contributed by atoms with E-state index in [1.54, 1.807) is 11.3 Å². The fraction of sp³-hybridized carbons (Fsp3) is 0.400. The van der Waals surface area contributed by atoms with Crippen molar-refractivity contribution in [2.24, 2.45) is 0 Å². The molecule has 0 unspecified atom stereocenters. The number of benzene rings is 1. The summed E-state index contributed by atoms with van der Waals surface area (Å²) >= 11 is 1.77. The second kappa shape index (κ2) is 7.14. The maximum absolute atomic E-state index is 5.62. The summed E-state index contributed by atoms with van der Waals surface area (Å²) in [6, 6.07) is 8.10. The van der Waals surface area contributed by atoms with Gasteiger partial charge in [0.15, 0.2) is 0 Å². The van der Waals surface area contributed by atoms with Crippen LogP contribution in [0.2, 0.25) is 0 Å². The van der Waals surface area contributed by atoms with Gasteiger partial charge in [-0.3, -0.25) is 0 Å². The molecule has 0 saturated heterocycles. The van der Waals surface area contributed by atoms with Gasteiger partial charge in [-0.15, -0.1) is 11.3 Å². The molecule has 0 bridgehead atoms. The standard InChI is InChI=1S/C15H20N2OS/c1-3-8-18-13-7-5-6-12(9-13)16-10-14-11-17-15(4-2)19-14/h5-7,9,11,16H,3-4,8,10H2,1-2H3. The molecule has 0 fully saturated rings.